The third-order valence-corrected chi connectivity index (χ3v) is 7.43. The van der Waals surface area contributed by atoms with Crippen molar-refractivity contribution in [3.8, 4) is 0 Å². The highest BCUT2D eigenvalue weighted by Crippen LogP contribution is 2.37. The zero-order valence-corrected chi connectivity index (χ0v) is 20.8. The number of esters is 1. The lowest BCUT2D eigenvalue weighted by molar-refractivity contribution is -0.141. The molecule has 3 aromatic rings. The number of ether oxygens (including phenoxy) is 1. The van der Waals surface area contributed by atoms with Crippen LogP contribution in [0.3, 0.4) is 0 Å². The van der Waals surface area contributed by atoms with E-state index in [2.05, 4.69) is 10.6 Å². The van der Waals surface area contributed by atoms with Gasteiger partial charge < -0.3 is 15.4 Å². The van der Waals surface area contributed by atoms with Gasteiger partial charge in [-0.25, -0.2) is 8.42 Å². The molecule has 0 radical (unpaired) electrons. The molecule has 8 nitrogen and oxygen atoms in total. The molecule has 0 fully saturated rings. The minimum atomic E-state index is -3.71. The molecule has 0 atom stereocenters. The van der Waals surface area contributed by atoms with E-state index >= 15 is 0 Å². The number of hydrogen-bond acceptors (Lipinski definition) is 6. The number of para-hydroxylation sites is 1. The van der Waals surface area contributed by atoms with Gasteiger partial charge in [-0.2, -0.15) is 0 Å². The Morgan fingerprint density at radius 3 is 2.28 bits per heavy atom. The Morgan fingerprint density at radius 2 is 1.61 bits per heavy atom. The number of nitrogens with one attached hydrogen (secondary N) is 2. The summed E-state index contributed by atoms with van der Waals surface area (Å²) in [6.45, 7) is 2.94. The molecule has 186 valence electrons. The summed E-state index contributed by atoms with van der Waals surface area (Å²) in [7, 11) is -3.71. The van der Waals surface area contributed by atoms with Crippen molar-refractivity contribution in [3.63, 3.8) is 0 Å². The Morgan fingerprint density at radius 1 is 0.944 bits per heavy atom. The van der Waals surface area contributed by atoms with E-state index in [1.54, 1.807) is 31.2 Å². The first-order valence-corrected chi connectivity index (χ1v) is 13.2. The highest BCUT2D eigenvalue weighted by Gasteiger charge is 2.28. The Bertz CT molecular complexity index is 1400. The molecule has 0 spiro atoms. The van der Waals surface area contributed by atoms with Crippen LogP contribution in [0, 0.1) is 0 Å². The first-order valence-electron chi connectivity index (χ1n) is 11.6. The lowest BCUT2D eigenvalue weighted by Crippen LogP contribution is -2.37. The molecule has 4 rings (SSSR count). The summed E-state index contributed by atoms with van der Waals surface area (Å²) in [5.41, 5.74) is 4.47. The average molecular weight is 506 g/mol. The van der Waals surface area contributed by atoms with Gasteiger partial charge in [-0.3, -0.25) is 13.9 Å². The number of carbonyl (C=O) groups is 2. The molecule has 0 aliphatic carbocycles. The fourth-order valence-electron chi connectivity index (χ4n) is 3.93. The summed E-state index contributed by atoms with van der Waals surface area (Å²) < 4.78 is 31.3. The SMILES string of the molecule is CCOC(=O)CN(c1ccc(NC(=C2C(=O)Nc3ccccc32)c2ccccc2)cc1)S(=O)(=O)CC. The fraction of sp³-hybridized carbons (Fsp3) is 0.185. The van der Waals surface area contributed by atoms with E-state index in [0.717, 1.165) is 21.1 Å². The Balaban J connectivity index is 1.71. The van der Waals surface area contributed by atoms with Gasteiger partial charge >= 0.3 is 5.97 Å². The first-order chi connectivity index (χ1) is 17.3. The van der Waals surface area contributed by atoms with Crippen LogP contribution in [0.1, 0.15) is 25.0 Å². The van der Waals surface area contributed by atoms with Crippen LogP contribution in [0.15, 0.2) is 78.9 Å². The van der Waals surface area contributed by atoms with E-state index in [9.17, 15) is 18.0 Å². The number of sulfonamides is 1. The molecule has 1 heterocycles. The average Bonchev–Trinajstić information content (AvgIpc) is 3.22. The maximum atomic E-state index is 13.0. The predicted molar refractivity (Wildman–Crippen MR) is 142 cm³/mol. The molecule has 36 heavy (non-hydrogen) atoms. The van der Waals surface area contributed by atoms with Gasteiger partial charge in [-0.05, 0) is 49.7 Å². The van der Waals surface area contributed by atoms with Crippen LogP contribution in [-0.4, -0.2) is 39.2 Å². The van der Waals surface area contributed by atoms with E-state index < -0.39 is 22.5 Å². The highest BCUT2D eigenvalue weighted by molar-refractivity contribution is 7.92. The van der Waals surface area contributed by atoms with E-state index in [0.29, 0.717) is 22.6 Å². The third kappa shape index (κ3) is 5.26. The molecular formula is C27H27N3O5S. The van der Waals surface area contributed by atoms with E-state index in [-0.39, 0.29) is 18.3 Å². The minimum Gasteiger partial charge on any atom is -0.465 e. The van der Waals surface area contributed by atoms with Crippen molar-refractivity contribution in [2.75, 3.05) is 33.8 Å². The van der Waals surface area contributed by atoms with E-state index in [4.69, 9.17) is 4.74 Å². The molecule has 0 saturated carbocycles. The first kappa shape index (κ1) is 25.0. The van der Waals surface area contributed by atoms with Crippen molar-refractivity contribution < 1.29 is 22.7 Å². The summed E-state index contributed by atoms with van der Waals surface area (Å²) in [5, 5.41) is 6.25. The second-order valence-electron chi connectivity index (χ2n) is 8.00. The van der Waals surface area contributed by atoms with E-state index in [1.807, 2.05) is 54.6 Å². The van der Waals surface area contributed by atoms with Crippen molar-refractivity contribution in [2.24, 2.45) is 0 Å². The molecule has 0 aromatic heterocycles. The summed E-state index contributed by atoms with van der Waals surface area (Å²) >= 11 is 0. The van der Waals surface area contributed by atoms with Crippen molar-refractivity contribution in [2.45, 2.75) is 13.8 Å². The third-order valence-electron chi connectivity index (χ3n) is 5.69. The molecule has 1 amide bonds. The van der Waals surface area contributed by atoms with Crippen LogP contribution in [0.25, 0.3) is 11.3 Å². The largest absolute Gasteiger partial charge is 0.465 e. The van der Waals surface area contributed by atoms with Crippen LogP contribution in [0.2, 0.25) is 0 Å². The lowest BCUT2D eigenvalue weighted by Gasteiger charge is -2.23. The summed E-state index contributed by atoms with van der Waals surface area (Å²) in [5.74, 6) is -1.00. The fourth-order valence-corrected chi connectivity index (χ4v) is 4.99. The molecule has 3 aromatic carbocycles. The molecule has 0 saturated heterocycles. The second kappa shape index (κ2) is 10.7. The van der Waals surface area contributed by atoms with Crippen molar-refractivity contribution >= 4 is 50.2 Å². The summed E-state index contributed by atoms with van der Waals surface area (Å²) in [6.07, 6.45) is 0. The zero-order chi connectivity index (χ0) is 25.7. The van der Waals surface area contributed by atoms with Crippen LogP contribution >= 0.6 is 0 Å². The van der Waals surface area contributed by atoms with Gasteiger partial charge in [0, 0.05) is 16.9 Å². The number of nitrogens with zero attached hydrogens (tertiary/aromatic N) is 1. The Kier molecular flexibility index (Phi) is 7.40. The quantitative estimate of drug-likeness (QED) is 0.331. The zero-order valence-electron chi connectivity index (χ0n) is 20.0. The molecule has 0 unspecified atom stereocenters. The molecule has 2 N–H and O–H groups in total. The number of anilines is 3. The standard InChI is InChI=1S/C27H27N3O5S/c1-3-35-24(31)18-30(36(33,34)4-2)21-16-14-20(15-17-21)28-26(19-10-6-5-7-11-19)25-22-12-8-9-13-23(22)29-27(25)32/h5-17,28H,3-4,18H2,1-2H3,(H,29,32). The van der Waals surface area contributed by atoms with Gasteiger partial charge in [-0.15, -0.1) is 0 Å². The van der Waals surface area contributed by atoms with Gasteiger partial charge in [0.25, 0.3) is 5.91 Å². The van der Waals surface area contributed by atoms with Crippen molar-refractivity contribution in [1.29, 1.82) is 0 Å². The molecule has 9 heteroatoms. The smallest absolute Gasteiger partial charge is 0.326 e. The van der Waals surface area contributed by atoms with Gasteiger partial charge in [0.2, 0.25) is 10.0 Å². The summed E-state index contributed by atoms with van der Waals surface area (Å²) in [4.78, 5) is 25.0. The van der Waals surface area contributed by atoms with Gasteiger partial charge in [0.05, 0.1) is 29.3 Å². The second-order valence-corrected chi connectivity index (χ2v) is 10.2. The van der Waals surface area contributed by atoms with Crippen LogP contribution in [0.5, 0.6) is 0 Å². The minimum absolute atomic E-state index is 0.162. The number of rotatable bonds is 9. The van der Waals surface area contributed by atoms with Crippen LogP contribution < -0.4 is 14.9 Å². The van der Waals surface area contributed by atoms with Crippen molar-refractivity contribution in [3.05, 3.63) is 90.0 Å². The van der Waals surface area contributed by atoms with Crippen LogP contribution in [0.4, 0.5) is 17.1 Å². The molecular weight excluding hydrogens is 478 g/mol. The maximum absolute atomic E-state index is 13.0. The topological polar surface area (TPSA) is 105 Å². The lowest BCUT2D eigenvalue weighted by atomic mass is 10.00. The number of benzene rings is 3. The number of fused-ring (bicyclic) bond motifs is 1. The Labute approximate surface area is 210 Å². The van der Waals surface area contributed by atoms with E-state index in [1.165, 1.54) is 6.92 Å². The Hall–Kier alpha value is -4.11. The normalized spacial score (nSPS) is 14.0. The molecule has 1 aliphatic heterocycles. The van der Waals surface area contributed by atoms with Crippen molar-refractivity contribution in [1.82, 2.24) is 0 Å². The molecule has 1 aliphatic rings. The molecule has 0 bridgehead atoms. The monoisotopic (exact) mass is 505 g/mol. The van der Waals surface area contributed by atoms with Crippen LogP contribution in [-0.2, 0) is 24.3 Å². The number of amides is 1. The number of hydrogen-bond donors (Lipinski definition) is 2. The van der Waals surface area contributed by atoms with Gasteiger partial charge in [0.15, 0.2) is 0 Å². The van der Waals surface area contributed by atoms with Gasteiger partial charge in [0.1, 0.15) is 6.54 Å². The highest BCUT2D eigenvalue weighted by atomic mass is 32.2. The predicted octanol–water partition coefficient (Wildman–Crippen LogP) is 4.34. The van der Waals surface area contributed by atoms with Gasteiger partial charge in [-0.1, -0.05) is 48.5 Å². The maximum Gasteiger partial charge on any atom is 0.326 e. The number of carbonyl (C=O) groups excluding carboxylic acids is 2. The summed E-state index contributed by atoms with van der Waals surface area (Å²) in [6, 6.07) is 23.6.